The maximum atomic E-state index is 12.8. The number of morpholine rings is 1. The highest BCUT2D eigenvalue weighted by molar-refractivity contribution is 5.80. The lowest BCUT2D eigenvalue weighted by Crippen LogP contribution is -2.59. The smallest absolute Gasteiger partial charge is 0.323 e. The van der Waals surface area contributed by atoms with Crippen molar-refractivity contribution in [3.8, 4) is 0 Å². The Balaban J connectivity index is 2.12. The molecule has 1 N–H and O–H groups in total. The van der Waals surface area contributed by atoms with E-state index in [9.17, 15) is 9.59 Å². The molecule has 0 aromatic carbocycles. The lowest BCUT2D eigenvalue weighted by molar-refractivity contribution is -0.138. The van der Waals surface area contributed by atoms with E-state index in [2.05, 4.69) is 0 Å². The number of aliphatic carboxylic acids is 1. The monoisotopic (exact) mass is 298 g/mol. The van der Waals surface area contributed by atoms with Crippen LogP contribution in [0.4, 0.5) is 4.79 Å². The first kappa shape index (κ1) is 16.1. The summed E-state index contributed by atoms with van der Waals surface area (Å²) in [4.78, 5) is 27.2. The van der Waals surface area contributed by atoms with Crippen molar-refractivity contribution in [2.24, 2.45) is 0 Å². The van der Waals surface area contributed by atoms with Crippen LogP contribution in [-0.2, 0) is 9.53 Å². The van der Waals surface area contributed by atoms with E-state index in [1.165, 1.54) is 4.90 Å². The molecular formula is C15H26N2O4. The Labute approximate surface area is 126 Å². The normalized spacial score (nSPS) is 26.9. The zero-order chi connectivity index (χ0) is 15.4. The van der Waals surface area contributed by atoms with Gasteiger partial charge in [0.05, 0.1) is 18.8 Å². The average molecular weight is 298 g/mol. The van der Waals surface area contributed by atoms with Gasteiger partial charge in [0.15, 0.2) is 0 Å². The Morgan fingerprint density at radius 3 is 2.76 bits per heavy atom. The third-order valence-corrected chi connectivity index (χ3v) is 4.65. The molecule has 6 heteroatoms. The molecule has 2 aliphatic rings. The van der Waals surface area contributed by atoms with Gasteiger partial charge in [0.1, 0.15) is 6.54 Å². The van der Waals surface area contributed by atoms with Gasteiger partial charge in [0, 0.05) is 12.6 Å². The molecular weight excluding hydrogens is 272 g/mol. The molecule has 2 rings (SSSR count). The van der Waals surface area contributed by atoms with Crippen molar-refractivity contribution in [3.63, 3.8) is 0 Å². The number of fused-ring (bicyclic) bond motifs is 1. The molecule has 0 bridgehead atoms. The van der Waals surface area contributed by atoms with Gasteiger partial charge in [-0.05, 0) is 26.2 Å². The molecule has 3 atom stereocenters. The standard InChI is InChI=1S/C15H26N2O4/c1-3-11(2)17(10-14(18)19)15(20)16-8-9-21-13-7-5-4-6-12(13)16/h11-13H,3-10H2,1-2H3,(H,18,19). The first-order chi connectivity index (χ1) is 10.0. The van der Waals surface area contributed by atoms with E-state index in [1.807, 2.05) is 18.7 Å². The molecule has 0 aromatic heterocycles. The molecule has 0 aromatic rings. The first-order valence-corrected chi connectivity index (χ1v) is 7.95. The number of rotatable bonds is 4. The summed E-state index contributed by atoms with van der Waals surface area (Å²) in [5.74, 6) is -0.961. The number of ether oxygens (including phenoxy) is 1. The van der Waals surface area contributed by atoms with E-state index in [0.29, 0.717) is 13.2 Å². The van der Waals surface area contributed by atoms with Gasteiger partial charge in [-0.1, -0.05) is 19.8 Å². The largest absolute Gasteiger partial charge is 0.480 e. The van der Waals surface area contributed by atoms with Gasteiger partial charge >= 0.3 is 12.0 Å². The molecule has 6 nitrogen and oxygen atoms in total. The van der Waals surface area contributed by atoms with E-state index < -0.39 is 5.97 Å². The van der Waals surface area contributed by atoms with Crippen LogP contribution in [0.5, 0.6) is 0 Å². The van der Waals surface area contributed by atoms with Crippen LogP contribution in [0.1, 0.15) is 46.0 Å². The Morgan fingerprint density at radius 2 is 2.10 bits per heavy atom. The molecule has 21 heavy (non-hydrogen) atoms. The van der Waals surface area contributed by atoms with Gasteiger partial charge in [-0.2, -0.15) is 0 Å². The van der Waals surface area contributed by atoms with Crippen LogP contribution in [-0.4, -0.2) is 64.8 Å². The number of amides is 2. The van der Waals surface area contributed by atoms with Crippen molar-refractivity contribution in [2.75, 3.05) is 19.7 Å². The minimum Gasteiger partial charge on any atom is -0.480 e. The Morgan fingerprint density at radius 1 is 1.38 bits per heavy atom. The summed E-state index contributed by atoms with van der Waals surface area (Å²) in [6.45, 7) is 4.75. The molecule has 2 fully saturated rings. The predicted octanol–water partition coefficient (Wildman–Crippen LogP) is 1.93. The highest BCUT2D eigenvalue weighted by atomic mass is 16.5. The summed E-state index contributed by atoms with van der Waals surface area (Å²) < 4.78 is 5.78. The van der Waals surface area contributed by atoms with Crippen molar-refractivity contribution in [3.05, 3.63) is 0 Å². The summed E-state index contributed by atoms with van der Waals surface area (Å²) in [6, 6.07) is -0.106. The second kappa shape index (κ2) is 7.11. The number of hydrogen-bond donors (Lipinski definition) is 1. The van der Waals surface area contributed by atoms with E-state index in [1.54, 1.807) is 0 Å². The number of carboxylic acids is 1. The average Bonchev–Trinajstić information content (AvgIpc) is 2.50. The Bertz CT molecular complexity index is 386. The number of carbonyl (C=O) groups excluding carboxylic acids is 1. The summed E-state index contributed by atoms with van der Waals surface area (Å²) in [7, 11) is 0. The third kappa shape index (κ3) is 3.67. The number of nitrogens with zero attached hydrogens (tertiary/aromatic N) is 2. The topological polar surface area (TPSA) is 70.1 Å². The number of carboxylic acid groups (broad SMARTS) is 1. The van der Waals surface area contributed by atoms with Crippen molar-refractivity contribution >= 4 is 12.0 Å². The van der Waals surface area contributed by atoms with Crippen LogP contribution in [0.15, 0.2) is 0 Å². The van der Waals surface area contributed by atoms with Crippen LogP contribution in [0.25, 0.3) is 0 Å². The Kier molecular flexibility index (Phi) is 5.45. The van der Waals surface area contributed by atoms with Gasteiger partial charge in [-0.25, -0.2) is 4.79 Å². The molecule has 1 aliphatic carbocycles. The maximum absolute atomic E-state index is 12.8. The fourth-order valence-corrected chi connectivity index (χ4v) is 3.28. The van der Waals surface area contributed by atoms with Crippen LogP contribution < -0.4 is 0 Å². The SMILES string of the molecule is CCC(C)N(CC(=O)O)C(=O)N1CCOC2CCCCC21. The van der Waals surface area contributed by atoms with Crippen LogP contribution in [0.3, 0.4) is 0 Å². The van der Waals surface area contributed by atoms with Gasteiger partial charge in [-0.15, -0.1) is 0 Å². The van der Waals surface area contributed by atoms with Gasteiger partial charge in [0.25, 0.3) is 0 Å². The molecule has 1 heterocycles. The summed E-state index contributed by atoms with van der Waals surface area (Å²) in [5.41, 5.74) is 0. The highest BCUT2D eigenvalue weighted by Gasteiger charge is 2.39. The summed E-state index contributed by atoms with van der Waals surface area (Å²) in [5, 5.41) is 9.07. The van der Waals surface area contributed by atoms with E-state index in [0.717, 1.165) is 32.1 Å². The predicted molar refractivity (Wildman–Crippen MR) is 78.2 cm³/mol. The van der Waals surface area contributed by atoms with Crippen molar-refractivity contribution in [1.29, 1.82) is 0 Å². The zero-order valence-electron chi connectivity index (χ0n) is 13.0. The second-order valence-electron chi connectivity index (χ2n) is 6.02. The minimum atomic E-state index is -0.961. The van der Waals surface area contributed by atoms with Crippen LogP contribution >= 0.6 is 0 Å². The van der Waals surface area contributed by atoms with Crippen LogP contribution in [0.2, 0.25) is 0 Å². The molecule has 2 amide bonds. The van der Waals surface area contributed by atoms with Crippen molar-refractivity contribution in [2.45, 2.75) is 64.1 Å². The second-order valence-corrected chi connectivity index (χ2v) is 6.02. The van der Waals surface area contributed by atoms with Gasteiger partial charge in [-0.3, -0.25) is 4.79 Å². The summed E-state index contributed by atoms with van der Waals surface area (Å²) >= 11 is 0. The van der Waals surface area contributed by atoms with Crippen LogP contribution in [0, 0.1) is 0 Å². The van der Waals surface area contributed by atoms with Crippen molar-refractivity contribution in [1.82, 2.24) is 9.80 Å². The molecule has 1 saturated heterocycles. The fraction of sp³-hybridized carbons (Fsp3) is 0.867. The molecule has 0 spiro atoms. The number of hydrogen-bond acceptors (Lipinski definition) is 3. The van der Waals surface area contributed by atoms with Crippen molar-refractivity contribution < 1.29 is 19.4 Å². The molecule has 120 valence electrons. The van der Waals surface area contributed by atoms with E-state index >= 15 is 0 Å². The Hall–Kier alpha value is -1.30. The highest BCUT2D eigenvalue weighted by Crippen LogP contribution is 2.29. The molecule has 3 unspecified atom stereocenters. The molecule has 0 radical (unpaired) electrons. The lowest BCUT2D eigenvalue weighted by Gasteiger charge is -2.45. The lowest BCUT2D eigenvalue weighted by atomic mass is 9.90. The summed E-state index contributed by atoms with van der Waals surface area (Å²) in [6.07, 6.45) is 5.08. The quantitative estimate of drug-likeness (QED) is 0.861. The van der Waals surface area contributed by atoms with Gasteiger partial charge < -0.3 is 19.6 Å². The zero-order valence-corrected chi connectivity index (χ0v) is 13.0. The molecule has 1 aliphatic heterocycles. The number of carbonyl (C=O) groups is 2. The fourth-order valence-electron chi connectivity index (χ4n) is 3.28. The van der Waals surface area contributed by atoms with E-state index in [-0.39, 0.29) is 30.8 Å². The minimum absolute atomic E-state index is 0.0708. The van der Waals surface area contributed by atoms with E-state index in [4.69, 9.17) is 9.84 Å². The number of urea groups is 1. The molecule has 1 saturated carbocycles. The first-order valence-electron chi connectivity index (χ1n) is 7.95. The maximum Gasteiger partial charge on any atom is 0.323 e. The third-order valence-electron chi connectivity index (χ3n) is 4.65. The van der Waals surface area contributed by atoms with Gasteiger partial charge in [0.2, 0.25) is 0 Å².